The van der Waals surface area contributed by atoms with Crippen molar-refractivity contribution >= 4 is 10.0 Å². The molecule has 0 spiro atoms. The van der Waals surface area contributed by atoms with E-state index in [2.05, 4.69) is 4.98 Å². The number of hydrogen-bond acceptors (Lipinski definition) is 4. The maximum absolute atomic E-state index is 13.1. The Labute approximate surface area is 112 Å². The van der Waals surface area contributed by atoms with Crippen molar-refractivity contribution in [3.05, 3.63) is 24.3 Å². The molecule has 1 unspecified atom stereocenters. The Bertz CT molecular complexity index is 574. The van der Waals surface area contributed by atoms with Crippen LogP contribution in [0.4, 0.5) is 4.39 Å². The van der Waals surface area contributed by atoms with Crippen LogP contribution in [0, 0.1) is 11.2 Å². The predicted octanol–water partition coefficient (Wildman–Crippen LogP) is 0.969. The van der Waals surface area contributed by atoms with Crippen molar-refractivity contribution in [1.29, 1.82) is 0 Å². The van der Waals surface area contributed by atoms with E-state index in [0.717, 1.165) is 12.3 Å². The summed E-state index contributed by atoms with van der Waals surface area (Å²) < 4.78 is 39.3. The quantitative estimate of drug-likeness (QED) is 0.879. The molecule has 0 aliphatic carbocycles. The number of nitrogens with two attached hydrogens (primary N) is 1. The zero-order valence-electron chi connectivity index (χ0n) is 11.0. The average Bonchev–Trinajstić information content (AvgIpc) is 2.32. The number of pyridine rings is 1. The van der Waals surface area contributed by atoms with Crippen molar-refractivity contribution in [3.8, 4) is 0 Å². The lowest BCUT2D eigenvalue weighted by molar-refractivity contribution is 0.155. The van der Waals surface area contributed by atoms with Gasteiger partial charge >= 0.3 is 0 Å². The topological polar surface area (TPSA) is 76.3 Å². The van der Waals surface area contributed by atoms with Crippen LogP contribution in [0.5, 0.6) is 0 Å². The number of halogens is 1. The summed E-state index contributed by atoms with van der Waals surface area (Å²) in [6.45, 7) is 4.54. The number of hydrogen-bond donors (Lipinski definition) is 1. The lowest BCUT2D eigenvalue weighted by Crippen LogP contribution is -2.53. The molecule has 1 atom stereocenters. The summed E-state index contributed by atoms with van der Waals surface area (Å²) in [5, 5.41) is 0. The minimum Gasteiger partial charge on any atom is -0.327 e. The fourth-order valence-corrected chi connectivity index (χ4v) is 3.81. The second-order valence-electron chi connectivity index (χ2n) is 5.56. The second kappa shape index (κ2) is 4.81. The standard InChI is InChI=1S/C12H18FN3O2S/c1-12(2)8-16(4-3-11(12)14)19(17,18)10-5-9(13)6-15-7-10/h5-7,11H,3-4,8,14H2,1-2H3. The summed E-state index contributed by atoms with van der Waals surface area (Å²) in [7, 11) is -3.70. The minimum atomic E-state index is -3.70. The third kappa shape index (κ3) is 2.77. The molecule has 1 aromatic heterocycles. The first-order valence-electron chi connectivity index (χ1n) is 6.10. The number of nitrogens with zero attached hydrogens (tertiary/aromatic N) is 2. The molecule has 1 aliphatic rings. The first-order valence-corrected chi connectivity index (χ1v) is 7.54. The van der Waals surface area contributed by atoms with Gasteiger partial charge in [0.05, 0.1) is 6.20 Å². The SMILES string of the molecule is CC1(C)CN(S(=O)(=O)c2cncc(F)c2)CCC1N. The lowest BCUT2D eigenvalue weighted by atomic mass is 9.81. The van der Waals surface area contributed by atoms with Crippen molar-refractivity contribution < 1.29 is 12.8 Å². The molecule has 1 aromatic rings. The Hall–Kier alpha value is -1.05. The van der Waals surface area contributed by atoms with Crippen LogP contribution in [0.3, 0.4) is 0 Å². The highest BCUT2D eigenvalue weighted by molar-refractivity contribution is 7.89. The molecule has 0 aromatic carbocycles. The van der Waals surface area contributed by atoms with Crippen molar-refractivity contribution in [3.63, 3.8) is 0 Å². The summed E-state index contributed by atoms with van der Waals surface area (Å²) in [4.78, 5) is 3.48. The molecule has 0 saturated carbocycles. The van der Waals surface area contributed by atoms with Gasteiger partial charge in [-0.15, -0.1) is 0 Å². The largest absolute Gasteiger partial charge is 0.327 e. The molecule has 106 valence electrons. The molecule has 1 fully saturated rings. The second-order valence-corrected chi connectivity index (χ2v) is 7.50. The van der Waals surface area contributed by atoms with Gasteiger partial charge in [0, 0.05) is 25.3 Å². The van der Waals surface area contributed by atoms with Gasteiger partial charge in [-0.25, -0.2) is 12.8 Å². The summed E-state index contributed by atoms with van der Waals surface area (Å²) >= 11 is 0. The highest BCUT2D eigenvalue weighted by Gasteiger charge is 2.38. The van der Waals surface area contributed by atoms with Gasteiger partial charge in [-0.3, -0.25) is 4.98 Å². The average molecular weight is 287 g/mol. The fraction of sp³-hybridized carbons (Fsp3) is 0.583. The van der Waals surface area contributed by atoms with Crippen molar-refractivity contribution in [2.75, 3.05) is 13.1 Å². The molecule has 1 aliphatic heterocycles. The summed E-state index contributed by atoms with van der Waals surface area (Å²) in [5.41, 5.74) is 5.69. The molecule has 5 nitrogen and oxygen atoms in total. The summed E-state index contributed by atoms with van der Waals surface area (Å²) in [5.74, 6) is -0.658. The minimum absolute atomic E-state index is 0.0374. The van der Waals surface area contributed by atoms with Gasteiger partial charge in [-0.05, 0) is 17.9 Å². The van der Waals surface area contributed by atoms with E-state index in [0.29, 0.717) is 19.5 Å². The molecule has 7 heteroatoms. The molecular formula is C12H18FN3O2S. The van der Waals surface area contributed by atoms with Gasteiger partial charge < -0.3 is 5.73 Å². The molecule has 19 heavy (non-hydrogen) atoms. The zero-order chi connectivity index (χ0) is 14.3. The molecule has 2 heterocycles. The molecule has 0 bridgehead atoms. The molecule has 2 N–H and O–H groups in total. The van der Waals surface area contributed by atoms with E-state index in [9.17, 15) is 12.8 Å². The van der Waals surface area contributed by atoms with Crippen molar-refractivity contribution in [2.24, 2.45) is 11.1 Å². The van der Waals surface area contributed by atoms with Gasteiger partial charge in [0.25, 0.3) is 0 Å². The summed E-state index contributed by atoms with van der Waals surface area (Å²) in [6.07, 6.45) is 2.74. The molecule has 1 saturated heterocycles. The van der Waals surface area contributed by atoms with Gasteiger partial charge in [-0.1, -0.05) is 13.8 Å². The molecule has 2 rings (SSSR count). The molecule has 0 amide bonds. The van der Waals surface area contributed by atoms with Crippen LogP contribution in [-0.2, 0) is 10.0 Å². The Morgan fingerprint density at radius 3 is 2.74 bits per heavy atom. The smallest absolute Gasteiger partial charge is 0.244 e. The van der Waals surface area contributed by atoms with Crippen molar-refractivity contribution in [2.45, 2.75) is 31.2 Å². The third-order valence-electron chi connectivity index (χ3n) is 3.59. The van der Waals surface area contributed by atoms with Crippen LogP contribution in [-0.4, -0.2) is 36.8 Å². The number of rotatable bonds is 2. The van der Waals surface area contributed by atoms with E-state index >= 15 is 0 Å². The number of sulfonamides is 1. The Kier molecular flexibility index (Phi) is 3.63. The van der Waals surface area contributed by atoms with Crippen LogP contribution in [0.2, 0.25) is 0 Å². The number of piperidine rings is 1. The molecular weight excluding hydrogens is 269 g/mol. The van der Waals surface area contributed by atoms with Gasteiger partial charge in [-0.2, -0.15) is 4.31 Å². The van der Waals surface area contributed by atoms with E-state index in [1.165, 1.54) is 10.5 Å². The monoisotopic (exact) mass is 287 g/mol. The Morgan fingerprint density at radius 1 is 1.47 bits per heavy atom. The lowest BCUT2D eigenvalue weighted by Gasteiger charge is -2.41. The first-order chi connectivity index (χ1) is 8.73. The summed E-state index contributed by atoms with van der Waals surface area (Å²) in [6, 6.07) is 0.953. The third-order valence-corrected chi connectivity index (χ3v) is 5.41. The van der Waals surface area contributed by atoms with Crippen LogP contribution >= 0.6 is 0 Å². The van der Waals surface area contributed by atoms with Gasteiger partial charge in [0.2, 0.25) is 10.0 Å². The Morgan fingerprint density at radius 2 is 2.16 bits per heavy atom. The highest BCUT2D eigenvalue weighted by Crippen LogP contribution is 2.31. The van der Waals surface area contributed by atoms with E-state index in [1.54, 1.807) is 0 Å². The zero-order valence-corrected chi connectivity index (χ0v) is 11.8. The highest BCUT2D eigenvalue weighted by atomic mass is 32.2. The van der Waals surface area contributed by atoms with E-state index in [1.807, 2.05) is 13.8 Å². The normalized spacial score (nSPS) is 24.3. The van der Waals surface area contributed by atoms with Crippen LogP contribution in [0.25, 0.3) is 0 Å². The molecule has 0 radical (unpaired) electrons. The van der Waals surface area contributed by atoms with Crippen molar-refractivity contribution in [1.82, 2.24) is 9.29 Å². The Balaban J connectivity index is 2.31. The van der Waals surface area contributed by atoms with Crippen LogP contribution in [0.15, 0.2) is 23.4 Å². The van der Waals surface area contributed by atoms with Crippen LogP contribution < -0.4 is 5.73 Å². The maximum Gasteiger partial charge on any atom is 0.244 e. The van der Waals surface area contributed by atoms with E-state index < -0.39 is 15.8 Å². The predicted molar refractivity (Wildman–Crippen MR) is 69.3 cm³/mol. The first kappa shape index (κ1) is 14.4. The van der Waals surface area contributed by atoms with Gasteiger partial charge in [0.1, 0.15) is 10.7 Å². The fourth-order valence-electron chi connectivity index (χ4n) is 2.21. The number of aromatic nitrogens is 1. The van der Waals surface area contributed by atoms with Gasteiger partial charge in [0.15, 0.2) is 0 Å². The maximum atomic E-state index is 13.1. The van der Waals surface area contributed by atoms with E-state index in [-0.39, 0.29) is 16.4 Å². The van der Waals surface area contributed by atoms with Crippen LogP contribution in [0.1, 0.15) is 20.3 Å². The van der Waals surface area contributed by atoms with E-state index in [4.69, 9.17) is 5.73 Å².